The van der Waals surface area contributed by atoms with Crippen LogP contribution < -0.4 is 0 Å². The molecule has 0 aliphatic rings. The molecule has 0 aliphatic heterocycles. The molecule has 2 heterocycles. The lowest BCUT2D eigenvalue weighted by molar-refractivity contribution is -0.383. The number of nitrogens with zero attached hydrogens (tertiary/aromatic N) is 5. The molecule has 0 unspecified atom stereocenters. The van der Waals surface area contributed by atoms with Gasteiger partial charge >= 0.3 is 0 Å². The number of imidazole rings is 1. The van der Waals surface area contributed by atoms with E-state index in [4.69, 9.17) is 4.98 Å². The Morgan fingerprint density at radius 1 is 1.15 bits per heavy atom. The van der Waals surface area contributed by atoms with Gasteiger partial charge in [0, 0.05) is 24.2 Å². The van der Waals surface area contributed by atoms with E-state index >= 15 is 0 Å². The SMILES string of the molecule is CC(C)CCn1c(Cn2cc3cccc([N+](=O)[O-])c3n2)nc2ccccc21. The molecule has 138 valence electrons. The maximum atomic E-state index is 11.2. The van der Waals surface area contributed by atoms with Crippen LogP contribution in [0.1, 0.15) is 26.1 Å². The van der Waals surface area contributed by atoms with E-state index in [9.17, 15) is 10.1 Å². The maximum absolute atomic E-state index is 11.2. The van der Waals surface area contributed by atoms with Gasteiger partial charge in [-0.2, -0.15) is 5.10 Å². The summed E-state index contributed by atoms with van der Waals surface area (Å²) in [6, 6.07) is 13.1. The monoisotopic (exact) mass is 363 g/mol. The highest BCUT2D eigenvalue weighted by Gasteiger charge is 2.17. The Morgan fingerprint density at radius 3 is 2.74 bits per heavy atom. The third kappa shape index (κ3) is 3.28. The summed E-state index contributed by atoms with van der Waals surface area (Å²) in [4.78, 5) is 15.6. The Bertz CT molecular complexity index is 1130. The fourth-order valence-electron chi connectivity index (χ4n) is 3.34. The van der Waals surface area contributed by atoms with Crippen LogP contribution in [0.3, 0.4) is 0 Å². The van der Waals surface area contributed by atoms with E-state index < -0.39 is 4.92 Å². The molecular weight excluding hydrogens is 342 g/mol. The second-order valence-electron chi connectivity index (χ2n) is 7.15. The molecule has 0 aliphatic carbocycles. The zero-order valence-corrected chi connectivity index (χ0v) is 15.4. The van der Waals surface area contributed by atoms with Crippen LogP contribution in [0.25, 0.3) is 21.9 Å². The molecule has 7 heteroatoms. The summed E-state index contributed by atoms with van der Waals surface area (Å²) in [5.74, 6) is 1.50. The van der Waals surface area contributed by atoms with Crippen molar-refractivity contribution in [3.8, 4) is 0 Å². The zero-order chi connectivity index (χ0) is 19.0. The average molecular weight is 363 g/mol. The summed E-state index contributed by atoms with van der Waals surface area (Å²) in [7, 11) is 0. The van der Waals surface area contributed by atoms with E-state index in [0.29, 0.717) is 18.0 Å². The maximum Gasteiger partial charge on any atom is 0.297 e. The first kappa shape index (κ1) is 17.2. The predicted molar refractivity (Wildman–Crippen MR) is 105 cm³/mol. The third-order valence-electron chi connectivity index (χ3n) is 4.73. The van der Waals surface area contributed by atoms with Crippen molar-refractivity contribution in [2.45, 2.75) is 33.4 Å². The number of non-ortho nitro benzene ring substituents is 1. The minimum atomic E-state index is -0.391. The van der Waals surface area contributed by atoms with Gasteiger partial charge in [-0.25, -0.2) is 4.98 Å². The molecule has 0 spiro atoms. The molecular formula is C20H21N5O2. The van der Waals surface area contributed by atoms with Gasteiger partial charge in [0.2, 0.25) is 0 Å². The van der Waals surface area contributed by atoms with E-state index in [-0.39, 0.29) is 5.69 Å². The van der Waals surface area contributed by atoms with Crippen LogP contribution in [-0.4, -0.2) is 24.3 Å². The first-order valence-electron chi connectivity index (χ1n) is 9.07. The van der Waals surface area contributed by atoms with Crippen molar-refractivity contribution >= 4 is 27.6 Å². The summed E-state index contributed by atoms with van der Waals surface area (Å²) >= 11 is 0. The van der Waals surface area contributed by atoms with Crippen LogP contribution in [0.15, 0.2) is 48.7 Å². The molecule has 7 nitrogen and oxygen atoms in total. The minimum Gasteiger partial charge on any atom is -0.326 e. The van der Waals surface area contributed by atoms with Gasteiger partial charge in [0.25, 0.3) is 5.69 Å². The number of fused-ring (bicyclic) bond motifs is 2. The molecule has 2 aromatic heterocycles. The number of benzene rings is 2. The smallest absolute Gasteiger partial charge is 0.297 e. The first-order valence-corrected chi connectivity index (χ1v) is 9.07. The third-order valence-corrected chi connectivity index (χ3v) is 4.73. The van der Waals surface area contributed by atoms with E-state index in [1.54, 1.807) is 10.7 Å². The van der Waals surface area contributed by atoms with Crippen LogP contribution in [0, 0.1) is 16.0 Å². The van der Waals surface area contributed by atoms with Gasteiger partial charge in [-0.15, -0.1) is 0 Å². The van der Waals surface area contributed by atoms with Gasteiger partial charge in [0.15, 0.2) is 5.52 Å². The Morgan fingerprint density at radius 2 is 1.96 bits per heavy atom. The molecule has 0 N–H and O–H groups in total. The number of aromatic nitrogens is 4. The first-order chi connectivity index (χ1) is 13.0. The Kier molecular flexibility index (Phi) is 4.35. The van der Waals surface area contributed by atoms with Gasteiger partial charge < -0.3 is 4.57 Å². The highest BCUT2D eigenvalue weighted by molar-refractivity contribution is 5.86. The van der Waals surface area contributed by atoms with Crippen LogP contribution in [0.5, 0.6) is 0 Å². The van der Waals surface area contributed by atoms with Crippen molar-refractivity contribution < 1.29 is 4.92 Å². The van der Waals surface area contributed by atoms with Crippen LogP contribution in [0.2, 0.25) is 0 Å². The Labute approximate surface area is 156 Å². The second-order valence-corrected chi connectivity index (χ2v) is 7.15. The van der Waals surface area contributed by atoms with Crippen molar-refractivity contribution in [2.24, 2.45) is 5.92 Å². The molecule has 0 atom stereocenters. The van der Waals surface area contributed by atoms with Crippen LogP contribution in [0.4, 0.5) is 5.69 Å². The van der Waals surface area contributed by atoms with Crippen LogP contribution in [-0.2, 0) is 13.1 Å². The molecule has 0 saturated heterocycles. The Balaban J connectivity index is 1.75. The number of hydrogen-bond donors (Lipinski definition) is 0. The summed E-state index contributed by atoms with van der Waals surface area (Å²) in [5.41, 5.74) is 2.50. The topological polar surface area (TPSA) is 78.8 Å². The number of aryl methyl sites for hydroxylation is 1. The molecule has 0 bridgehead atoms. The number of nitro groups is 1. The van der Waals surface area contributed by atoms with Crippen molar-refractivity contribution in [2.75, 3.05) is 0 Å². The van der Waals surface area contributed by atoms with Gasteiger partial charge in [-0.05, 0) is 24.5 Å². The van der Waals surface area contributed by atoms with Crippen molar-refractivity contribution in [3.63, 3.8) is 0 Å². The molecule has 0 fully saturated rings. The molecule has 2 aromatic carbocycles. The quantitative estimate of drug-likeness (QED) is 0.376. The highest BCUT2D eigenvalue weighted by atomic mass is 16.6. The second kappa shape index (κ2) is 6.83. The predicted octanol–water partition coefficient (Wildman–Crippen LogP) is 4.39. The van der Waals surface area contributed by atoms with Crippen molar-refractivity contribution in [1.82, 2.24) is 19.3 Å². The highest BCUT2D eigenvalue weighted by Crippen LogP contribution is 2.24. The van der Waals surface area contributed by atoms with Crippen molar-refractivity contribution in [3.05, 3.63) is 64.6 Å². The van der Waals surface area contributed by atoms with E-state index in [1.807, 2.05) is 30.5 Å². The fourth-order valence-corrected chi connectivity index (χ4v) is 3.34. The molecule has 0 amide bonds. The van der Waals surface area contributed by atoms with Crippen molar-refractivity contribution in [1.29, 1.82) is 0 Å². The summed E-state index contributed by atoms with van der Waals surface area (Å²) in [5, 5.41) is 16.5. The van der Waals surface area contributed by atoms with Crippen LogP contribution >= 0.6 is 0 Å². The average Bonchev–Trinajstić information content (AvgIpc) is 3.19. The van der Waals surface area contributed by atoms with Gasteiger partial charge in [0.1, 0.15) is 5.82 Å². The normalized spacial score (nSPS) is 11.7. The summed E-state index contributed by atoms with van der Waals surface area (Å²) in [6.45, 7) is 5.77. The molecule has 4 aromatic rings. The standard InChI is InChI=1S/C20H21N5O2/c1-14(2)10-11-24-17-8-4-3-7-16(17)21-19(24)13-23-12-15-6-5-9-18(25(26)27)20(15)22-23/h3-9,12,14H,10-11,13H2,1-2H3. The minimum absolute atomic E-state index is 0.0274. The van der Waals surface area contributed by atoms with E-state index in [1.165, 1.54) is 6.07 Å². The van der Waals surface area contributed by atoms with E-state index in [2.05, 4.69) is 29.6 Å². The summed E-state index contributed by atoms with van der Waals surface area (Å²) < 4.78 is 3.97. The molecule has 4 rings (SSSR count). The van der Waals surface area contributed by atoms with E-state index in [0.717, 1.165) is 35.2 Å². The number of hydrogen-bond acceptors (Lipinski definition) is 4. The molecule has 27 heavy (non-hydrogen) atoms. The lowest BCUT2D eigenvalue weighted by Gasteiger charge is -2.11. The van der Waals surface area contributed by atoms with Gasteiger partial charge in [-0.3, -0.25) is 14.8 Å². The van der Waals surface area contributed by atoms with Gasteiger partial charge in [-0.1, -0.05) is 38.1 Å². The zero-order valence-electron chi connectivity index (χ0n) is 15.4. The molecule has 0 radical (unpaired) electrons. The largest absolute Gasteiger partial charge is 0.326 e. The lowest BCUT2D eigenvalue weighted by Crippen LogP contribution is -2.10. The van der Waals surface area contributed by atoms with Gasteiger partial charge in [0.05, 0.1) is 22.5 Å². The number of para-hydroxylation sites is 2. The fraction of sp³-hybridized carbons (Fsp3) is 0.300. The summed E-state index contributed by atoms with van der Waals surface area (Å²) in [6.07, 6.45) is 2.90. The molecule has 0 saturated carbocycles. The Hall–Kier alpha value is -3.22. The number of rotatable bonds is 6. The lowest BCUT2D eigenvalue weighted by atomic mass is 10.1. The number of nitro benzene ring substituents is 1.